The fraction of sp³-hybridized carbons (Fsp3) is 0.0714. The van der Waals surface area contributed by atoms with Crippen LogP contribution in [0.1, 0.15) is 10.4 Å². The Morgan fingerprint density at radius 1 is 1.30 bits per heavy atom. The number of benzene rings is 2. The van der Waals surface area contributed by atoms with Crippen LogP contribution >= 0.6 is 11.6 Å². The quantitative estimate of drug-likeness (QED) is 0.854. The van der Waals surface area contributed by atoms with E-state index in [1.807, 2.05) is 0 Å². The van der Waals surface area contributed by atoms with Crippen molar-refractivity contribution in [1.82, 2.24) is 0 Å². The zero-order chi connectivity index (χ0) is 14.7. The van der Waals surface area contributed by atoms with Crippen LogP contribution in [0.5, 0.6) is 5.75 Å². The molecule has 0 spiro atoms. The molecule has 20 heavy (non-hydrogen) atoms. The number of carbonyl (C=O) groups is 1. The van der Waals surface area contributed by atoms with Crippen LogP contribution in [-0.4, -0.2) is 13.0 Å². The molecule has 2 aromatic carbocycles. The summed E-state index contributed by atoms with van der Waals surface area (Å²) in [4.78, 5) is 12.1. The van der Waals surface area contributed by atoms with Crippen molar-refractivity contribution < 1.29 is 13.9 Å². The Morgan fingerprint density at radius 2 is 2.05 bits per heavy atom. The van der Waals surface area contributed by atoms with Gasteiger partial charge in [-0.1, -0.05) is 11.6 Å². The second-order valence-corrected chi connectivity index (χ2v) is 4.44. The second kappa shape index (κ2) is 5.79. The van der Waals surface area contributed by atoms with Crippen LogP contribution < -0.4 is 15.8 Å². The highest BCUT2D eigenvalue weighted by Crippen LogP contribution is 2.26. The summed E-state index contributed by atoms with van der Waals surface area (Å²) in [5.41, 5.74) is 6.68. The monoisotopic (exact) mass is 294 g/mol. The molecule has 0 fully saturated rings. The van der Waals surface area contributed by atoms with Crippen molar-refractivity contribution in [2.24, 2.45) is 0 Å². The summed E-state index contributed by atoms with van der Waals surface area (Å²) in [6, 6.07) is 8.39. The molecule has 0 saturated heterocycles. The summed E-state index contributed by atoms with van der Waals surface area (Å²) >= 11 is 5.86. The Labute approximate surface area is 120 Å². The number of hydrogen-bond donors (Lipinski definition) is 2. The maximum atomic E-state index is 13.1. The third-order valence-electron chi connectivity index (χ3n) is 2.67. The molecule has 0 radical (unpaired) electrons. The summed E-state index contributed by atoms with van der Waals surface area (Å²) in [6.07, 6.45) is 0. The van der Waals surface area contributed by atoms with Crippen LogP contribution in [-0.2, 0) is 0 Å². The van der Waals surface area contributed by atoms with Crippen molar-refractivity contribution in [3.63, 3.8) is 0 Å². The number of halogens is 2. The topological polar surface area (TPSA) is 64.3 Å². The van der Waals surface area contributed by atoms with Gasteiger partial charge >= 0.3 is 0 Å². The maximum Gasteiger partial charge on any atom is 0.255 e. The van der Waals surface area contributed by atoms with Crippen molar-refractivity contribution in [3.8, 4) is 5.75 Å². The highest BCUT2D eigenvalue weighted by molar-refractivity contribution is 6.33. The molecule has 0 aliphatic heterocycles. The second-order valence-electron chi connectivity index (χ2n) is 4.04. The van der Waals surface area contributed by atoms with Gasteiger partial charge in [0.25, 0.3) is 5.91 Å². The van der Waals surface area contributed by atoms with E-state index in [0.717, 1.165) is 0 Å². The first-order valence-corrected chi connectivity index (χ1v) is 6.09. The van der Waals surface area contributed by atoms with Gasteiger partial charge in [0.1, 0.15) is 11.6 Å². The van der Waals surface area contributed by atoms with E-state index in [2.05, 4.69) is 5.32 Å². The fourth-order valence-electron chi connectivity index (χ4n) is 1.63. The number of hydrogen-bond acceptors (Lipinski definition) is 3. The molecule has 0 aromatic heterocycles. The Hall–Kier alpha value is -2.27. The van der Waals surface area contributed by atoms with Crippen LogP contribution in [0.4, 0.5) is 15.8 Å². The van der Waals surface area contributed by atoms with Gasteiger partial charge in [-0.05, 0) is 30.3 Å². The summed E-state index contributed by atoms with van der Waals surface area (Å²) < 4.78 is 18.1. The van der Waals surface area contributed by atoms with Gasteiger partial charge in [-0.15, -0.1) is 0 Å². The Morgan fingerprint density at radius 3 is 2.70 bits per heavy atom. The van der Waals surface area contributed by atoms with Crippen molar-refractivity contribution >= 4 is 28.9 Å². The molecule has 0 aliphatic carbocycles. The molecule has 0 heterocycles. The Kier molecular flexibility index (Phi) is 4.10. The normalized spacial score (nSPS) is 10.2. The average Bonchev–Trinajstić information content (AvgIpc) is 2.43. The SMILES string of the molecule is COc1cc(F)ccc1NC(=O)c1ccc(N)c(Cl)c1. The number of methoxy groups -OCH3 is 1. The number of nitrogens with one attached hydrogen (secondary N) is 1. The Balaban J connectivity index is 2.25. The lowest BCUT2D eigenvalue weighted by Crippen LogP contribution is -2.13. The molecular formula is C14H12ClFN2O2. The largest absolute Gasteiger partial charge is 0.494 e. The summed E-state index contributed by atoms with van der Waals surface area (Å²) in [7, 11) is 1.39. The third kappa shape index (κ3) is 3.00. The molecule has 0 saturated carbocycles. The number of nitrogens with two attached hydrogens (primary N) is 1. The maximum absolute atomic E-state index is 13.1. The molecule has 4 nitrogen and oxygen atoms in total. The van der Waals surface area contributed by atoms with Crippen LogP contribution in [0, 0.1) is 5.82 Å². The van der Waals surface area contributed by atoms with Crippen molar-refractivity contribution in [3.05, 3.63) is 52.8 Å². The minimum atomic E-state index is -0.449. The molecule has 3 N–H and O–H groups in total. The lowest BCUT2D eigenvalue weighted by molar-refractivity contribution is 0.102. The van der Waals surface area contributed by atoms with Gasteiger partial charge in [-0.3, -0.25) is 4.79 Å². The number of rotatable bonds is 3. The first-order chi connectivity index (χ1) is 9.51. The van der Waals surface area contributed by atoms with Gasteiger partial charge in [0, 0.05) is 11.6 Å². The van der Waals surface area contributed by atoms with Gasteiger partial charge in [0.2, 0.25) is 0 Å². The number of ether oxygens (including phenoxy) is 1. The van der Waals surface area contributed by atoms with Crippen LogP contribution in [0.15, 0.2) is 36.4 Å². The van der Waals surface area contributed by atoms with E-state index in [0.29, 0.717) is 22.0 Å². The van der Waals surface area contributed by atoms with Crippen LogP contribution in [0.3, 0.4) is 0 Å². The third-order valence-corrected chi connectivity index (χ3v) is 3.00. The number of amides is 1. The smallest absolute Gasteiger partial charge is 0.255 e. The summed E-state index contributed by atoms with van der Waals surface area (Å²) in [5.74, 6) is -0.605. The Bertz CT molecular complexity index is 662. The highest BCUT2D eigenvalue weighted by atomic mass is 35.5. The minimum Gasteiger partial charge on any atom is -0.494 e. The van der Waals surface area contributed by atoms with Gasteiger partial charge in [-0.25, -0.2) is 4.39 Å². The summed E-state index contributed by atoms with van der Waals surface area (Å²) in [6.45, 7) is 0. The number of carbonyl (C=O) groups excluding carboxylic acids is 1. The summed E-state index contributed by atoms with van der Waals surface area (Å²) in [5, 5.41) is 2.92. The standard InChI is InChI=1S/C14H12ClFN2O2/c1-20-13-7-9(16)3-5-12(13)18-14(19)8-2-4-11(17)10(15)6-8/h2-7H,17H2,1H3,(H,18,19). The van der Waals surface area contributed by atoms with Gasteiger partial charge < -0.3 is 15.8 Å². The molecule has 2 rings (SSSR count). The minimum absolute atomic E-state index is 0.236. The zero-order valence-corrected chi connectivity index (χ0v) is 11.4. The highest BCUT2D eigenvalue weighted by Gasteiger charge is 2.11. The number of anilines is 2. The molecule has 0 atom stereocenters. The molecule has 1 amide bonds. The predicted octanol–water partition coefficient (Wildman–Crippen LogP) is 3.32. The molecule has 2 aromatic rings. The first kappa shape index (κ1) is 14.1. The molecule has 104 valence electrons. The van der Waals surface area contributed by atoms with E-state index in [1.165, 1.54) is 31.4 Å². The van der Waals surface area contributed by atoms with Crippen molar-refractivity contribution in [2.45, 2.75) is 0 Å². The van der Waals surface area contributed by atoms with Crippen LogP contribution in [0.2, 0.25) is 5.02 Å². The van der Waals surface area contributed by atoms with E-state index >= 15 is 0 Å². The first-order valence-electron chi connectivity index (χ1n) is 5.71. The fourth-order valence-corrected chi connectivity index (χ4v) is 1.81. The average molecular weight is 295 g/mol. The zero-order valence-electron chi connectivity index (χ0n) is 10.6. The van der Waals surface area contributed by atoms with Gasteiger partial charge in [0.05, 0.1) is 23.5 Å². The predicted molar refractivity (Wildman–Crippen MR) is 76.8 cm³/mol. The van der Waals surface area contributed by atoms with E-state index in [9.17, 15) is 9.18 Å². The van der Waals surface area contributed by atoms with E-state index in [1.54, 1.807) is 12.1 Å². The van der Waals surface area contributed by atoms with Crippen LogP contribution in [0.25, 0.3) is 0 Å². The molecule has 0 aliphatic rings. The lowest BCUT2D eigenvalue weighted by Gasteiger charge is -2.10. The molecule has 0 bridgehead atoms. The van der Waals surface area contributed by atoms with Gasteiger partial charge in [-0.2, -0.15) is 0 Å². The van der Waals surface area contributed by atoms with Crippen molar-refractivity contribution in [1.29, 1.82) is 0 Å². The van der Waals surface area contributed by atoms with Gasteiger partial charge in [0.15, 0.2) is 0 Å². The van der Waals surface area contributed by atoms with Crippen molar-refractivity contribution in [2.75, 3.05) is 18.2 Å². The number of nitrogen functional groups attached to an aromatic ring is 1. The molecule has 0 unspecified atom stereocenters. The van der Waals surface area contributed by atoms with E-state index in [4.69, 9.17) is 22.1 Å². The lowest BCUT2D eigenvalue weighted by atomic mass is 10.2. The van der Waals surface area contributed by atoms with E-state index in [-0.39, 0.29) is 5.75 Å². The van der Waals surface area contributed by atoms with E-state index < -0.39 is 11.7 Å². The molecule has 6 heteroatoms. The molecular weight excluding hydrogens is 283 g/mol.